The number of hydrogen-bond acceptors (Lipinski definition) is 3. The Kier molecular flexibility index (Phi) is 6.41. The number of nitrogens with two attached hydrogens (primary N) is 1. The second-order valence-corrected chi connectivity index (χ2v) is 5.52. The van der Waals surface area contributed by atoms with Crippen molar-refractivity contribution in [1.82, 2.24) is 0 Å². The van der Waals surface area contributed by atoms with Crippen molar-refractivity contribution in [3.05, 3.63) is 59.4 Å². The van der Waals surface area contributed by atoms with E-state index in [1.807, 2.05) is 18.2 Å². The van der Waals surface area contributed by atoms with E-state index in [1.165, 1.54) is 12.1 Å². The van der Waals surface area contributed by atoms with Crippen LogP contribution in [0.3, 0.4) is 0 Å². The molecule has 2 N–H and O–H groups in total. The largest absolute Gasteiger partial charge is 0.493 e. The SMILES string of the molecule is CCCOc1ccc(CC(CN)c2ccc(F)cc2)cc1OC. The van der Waals surface area contributed by atoms with Crippen LogP contribution >= 0.6 is 0 Å². The molecule has 0 aliphatic rings. The van der Waals surface area contributed by atoms with Crippen molar-refractivity contribution >= 4 is 0 Å². The number of ether oxygens (including phenoxy) is 2. The van der Waals surface area contributed by atoms with Crippen molar-refractivity contribution < 1.29 is 13.9 Å². The summed E-state index contributed by atoms with van der Waals surface area (Å²) < 4.78 is 24.1. The topological polar surface area (TPSA) is 44.5 Å². The predicted octanol–water partition coefficient (Wildman–Crippen LogP) is 3.91. The number of hydrogen-bond donors (Lipinski definition) is 1. The fourth-order valence-electron chi connectivity index (χ4n) is 2.53. The Hall–Kier alpha value is -2.07. The molecule has 4 heteroatoms. The molecule has 0 spiro atoms. The van der Waals surface area contributed by atoms with Crippen molar-refractivity contribution in [3.8, 4) is 11.5 Å². The molecule has 3 nitrogen and oxygen atoms in total. The third kappa shape index (κ3) is 4.70. The molecule has 0 fully saturated rings. The lowest BCUT2D eigenvalue weighted by Crippen LogP contribution is -2.15. The Balaban J connectivity index is 2.15. The van der Waals surface area contributed by atoms with E-state index >= 15 is 0 Å². The van der Waals surface area contributed by atoms with Gasteiger partial charge in [-0.15, -0.1) is 0 Å². The second kappa shape index (κ2) is 8.53. The highest BCUT2D eigenvalue weighted by molar-refractivity contribution is 5.43. The molecule has 0 aliphatic carbocycles. The third-order valence-electron chi connectivity index (χ3n) is 3.80. The van der Waals surface area contributed by atoms with Crippen LogP contribution in [0.25, 0.3) is 0 Å². The second-order valence-electron chi connectivity index (χ2n) is 5.52. The first-order valence-corrected chi connectivity index (χ1v) is 7.93. The molecule has 0 saturated heterocycles. The normalized spacial score (nSPS) is 12.0. The molecule has 0 aromatic heterocycles. The van der Waals surface area contributed by atoms with Gasteiger partial charge in [0.15, 0.2) is 11.5 Å². The summed E-state index contributed by atoms with van der Waals surface area (Å²) in [5.41, 5.74) is 8.06. The lowest BCUT2D eigenvalue weighted by molar-refractivity contribution is 0.294. The summed E-state index contributed by atoms with van der Waals surface area (Å²) in [5, 5.41) is 0. The quantitative estimate of drug-likeness (QED) is 0.803. The maximum absolute atomic E-state index is 13.1. The molecule has 0 amide bonds. The minimum atomic E-state index is -0.233. The van der Waals surface area contributed by atoms with Gasteiger partial charge < -0.3 is 15.2 Å². The molecular weight excluding hydrogens is 293 g/mol. The van der Waals surface area contributed by atoms with E-state index in [1.54, 1.807) is 19.2 Å². The Morgan fingerprint density at radius 3 is 2.43 bits per heavy atom. The zero-order chi connectivity index (χ0) is 16.7. The zero-order valence-corrected chi connectivity index (χ0v) is 13.7. The van der Waals surface area contributed by atoms with Crippen LogP contribution in [0.2, 0.25) is 0 Å². The lowest BCUT2D eigenvalue weighted by atomic mass is 9.92. The average molecular weight is 317 g/mol. The van der Waals surface area contributed by atoms with Crippen LogP contribution in [0.1, 0.15) is 30.4 Å². The van der Waals surface area contributed by atoms with Gasteiger partial charge in [-0.3, -0.25) is 0 Å². The molecule has 23 heavy (non-hydrogen) atoms. The van der Waals surface area contributed by atoms with Crippen molar-refractivity contribution in [2.24, 2.45) is 5.73 Å². The van der Waals surface area contributed by atoms with Crippen LogP contribution in [0.5, 0.6) is 11.5 Å². The molecule has 124 valence electrons. The molecule has 2 rings (SSSR count). The van der Waals surface area contributed by atoms with Gasteiger partial charge in [0, 0.05) is 5.92 Å². The van der Waals surface area contributed by atoms with Gasteiger partial charge in [0.1, 0.15) is 5.82 Å². The van der Waals surface area contributed by atoms with Gasteiger partial charge in [-0.2, -0.15) is 0 Å². The van der Waals surface area contributed by atoms with E-state index in [0.717, 1.165) is 35.5 Å². The highest BCUT2D eigenvalue weighted by Crippen LogP contribution is 2.30. The van der Waals surface area contributed by atoms with Crippen LogP contribution in [0.4, 0.5) is 4.39 Å². The smallest absolute Gasteiger partial charge is 0.161 e. The standard InChI is InChI=1S/C19H24FNO2/c1-3-10-23-18-9-4-14(12-19(18)22-2)11-16(13-21)15-5-7-17(20)8-6-15/h4-9,12,16H,3,10-11,13,21H2,1-2H3. The van der Waals surface area contributed by atoms with Gasteiger partial charge in [0.2, 0.25) is 0 Å². The van der Waals surface area contributed by atoms with Gasteiger partial charge in [0.25, 0.3) is 0 Å². The summed E-state index contributed by atoms with van der Waals surface area (Å²) >= 11 is 0. The average Bonchev–Trinajstić information content (AvgIpc) is 2.59. The highest BCUT2D eigenvalue weighted by Gasteiger charge is 2.13. The first-order valence-electron chi connectivity index (χ1n) is 7.93. The minimum Gasteiger partial charge on any atom is -0.493 e. The van der Waals surface area contributed by atoms with Gasteiger partial charge in [-0.1, -0.05) is 25.1 Å². The molecule has 0 bridgehead atoms. The molecule has 0 saturated carbocycles. The van der Waals surface area contributed by atoms with Crippen molar-refractivity contribution in [1.29, 1.82) is 0 Å². The molecule has 2 aromatic carbocycles. The predicted molar refractivity (Wildman–Crippen MR) is 90.7 cm³/mol. The van der Waals surface area contributed by atoms with Crippen LogP contribution < -0.4 is 15.2 Å². The summed E-state index contributed by atoms with van der Waals surface area (Å²) in [5.74, 6) is 1.39. The molecular formula is C19H24FNO2. The van der Waals surface area contributed by atoms with E-state index < -0.39 is 0 Å². The Bertz CT molecular complexity index is 613. The van der Waals surface area contributed by atoms with Gasteiger partial charge >= 0.3 is 0 Å². The first-order chi connectivity index (χ1) is 11.2. The molecule has 2 aromatic rings. The summed E-state index contributed by atoms with van der Waals surface area (Å²) in [6, 6.07) is 12.5. The molecule has 0 radical (unpaired) electrons. The van der Waals surface area contributed by atoms with Crippen LogP contribution in [0, 0.1) is 5.82 Å². The van der Waals surface area contributed by atoms with E-state index in [-0.39, 0.29) is 11.7 Å². The van der Waals surface area contributed by atoms with Crippen molar-refractivity contribution in [2.45, 2.75) is 25.7 Å². The number of halogens is 1. The molecule has 0 heterocycles. The van der Waals surface area contributed by atoms with E-state index in [4.69, 9.17) is 15.2 Å². The summed E-state index contributed by atoms with van der Waals surface area (Å²) in [7, 11) is 1.64. The maximum atomic E-state index is 13.1. The Morgan fingerprint density at radius 2 is 1.83 bits per heavy atom. The Morgan fingerprint density at radius 1 is 1.09 bits per heavy atom. The van der Waals surface area contributed by atoms with Crippen LogP contribution in [0.15, 0.2) is 42.5 Å². The summed E-state index contributed by atoms with van der Waals surface area (Å²) in [6.07, 6.45) is 1.72. The van der Waals surface area contributed by atoms with Gasteiger partial charge in [-0.05, 0) is 54.8 Å². The molecule has 1 atom stereocenters. The van der Waals surface area contributed by atoms with E-state index in [2.05, 4.69) is 6.92 Å². The monoisotopic (exact) mass is 317 g/mol. The molecule has 1 unspecified atom stereocenters. The van der Waals surface area contributed by atoms with Gasteiger partial charge in [0.05, 0.1) is 13.7 Å². The van der Waals surface area contributed by atoms with E-state index in [9.17, 15) is 4.39 Å². The fraction of sp³-hybridized carbons (Fsp3) is 0.368. The summed E-state index contributed by atoms with van der Waals surface area (Å²) in [6.45, 7) is 3.23. The van der Waals surface area contributed by atoms with Crippen molar-refractivity contribution in [3.63, 3.8) is 0 Å². The first kappa shape index (κ1) is 17.3. The van der Waals surface area contributed by atoms with Gasteiger partial charge in [-0.25, -0.2) is 4.39 Å². The summed E-state index contributed by atoms with van der Waals surface area (Å²) in [4.78, 5) is 0. The maximum Gasteiger partial charge on any atom is 0.161 e. The third-order valence-corrected chi connectivity index (χ3v) is 3.80. The van der Waals surface area contributed by atoms with E-state index in [0.29, 0.717) is 13.2 Å². The number of benzene rings is 2. The fourth-order valence-corrected chi connectivity index (χ4v) is 2.53. The number of methoxy groups -OCH3 is 1. The lowest BCUT2D eigenvalue weighted by Gasteiger charge is -2.17. The van der Waals surface area contributed by atoms with Crippen LogP contribution in [-0.4, -0.2) is 20.3 Å². The highest BCUT2D eigenvalue weighted by atomic mass is 19.1. The van der Waals surface area contributed by atoms with Crippen LogP contribution in [-0.2, 0) is 6.42 Å². The van der Waals surface area contributed by atoms with Crippen molar-refractivity contribution in [2.75, 3.05) is 20.3 Å². The molecule has 0 aliphatic heterocycles. The zero-order valence-electron chi connectivity index (χ0n) is 13.7. The number of rotatable bonds is 8. The Labute approximate surface area is 137 Å². The minimum absolute atomic E-state index is 0.141.